The monoisotopic (exact) mass is 626 g/mol. The van der Waals surface area contributed by atoms with Gasteiger partial charge in [-0.25, -0.2) is 14.8 Å². The zero-order valence-electron chi connectivity index (χ0n) is 27.7. The molecule has 3 fully saturated rings. The number of likely N-dealkylation sites (tertiary alicyclic amines) is 1. The minimum absolute atomic E-state index is 0.135. The molecule has 45 heavy (non-hydrogen) atoms. The summed E-state index contributed by atoms with van der Waals surface area (Å²) in [4.78, 5) is 45.2. The summed E-state index contributed by atoms with van der Waals surface area (Å²) in [6, 6.07) is 0.561. The Bertz CT molecular complexity index is 1270. The van der Waals surface area contributed by atoms with E-state index >= 15 is 0 Å². The summed E-state index contributed by atoms with van der Waals surface area (Å²) >= 11 is 0. The summed E-state index contributed by atoms with van der Waals surface area (Å²) in [6.45, 7) is 16.1. The van der Waals surface area contributed by atoms with Gasteiger partial charge in [0.25, 0.3) is 0 Å². The summed E-state index contributed by atoms with van der Waals surface area (Å²) in [5.74, 6) is 2.26. The Hall–Kier alpha value is -3.64. The molecular formula is C32H50N8O5. The summed E-state index contributed by atoms with van der Waals surface area (Å²) < 4.78 is 16.9. The first-order chi connectivity index (χ1) is 21.5. The minimum Gasteiger partial charge on any atom is -0.463 e. The first-order valence-corrected chi connectivity index (χ1v) is 16.5. The lowest BCUT2D eigenvalue weighted by atomic mass is 9.84. The zero-order valence-corrected chi connectivity index (χ0v) is 27.7. The largest absolute Gasteiger partial charge is 0.463 e. The number of alkyl carbamates (subject to hydrolysis) is 1. The highest BCUT2D eigenvalue weighted by atomic mass is 16.6. The molecule has 0 radical (unpaired) electrons. The lowest BCUT2D eigenvalue weighted by molar-refractivity contribution is -0.135. The maximum atomic E-state index is 12.8. The van der Waals surface area contributed by atoms with Crippen molar-refractivity contribution in [2.24, 2.45) is 11.8 Å². The molecule has 0 saturated carbocycles. The molecule has 3 aliphatic rings. The van der Waals surface area contributed by atoms with Crippen molar-refractivity contribution >= 4 is 23.7 Å². The number of carbonyl (C=O) groups is 2. The molecule has 13 heteroatoms. The summed E-state index contributed by atoms with van der Waals surface area (Å²) in [6.07, 6.45) is 8.53. The van der Waals surface area contributed by atoms with Crippen molar-refractivity contribution in [2.75, 3.05) is 49.1 Å². The zero-order chi connectivity index (χ0) is 32.1. The normalized spacial score (nSPS) is 22.2. The predicted octanol–water partition coefficient (Wildman–Crippen LogP) is 4.40. The van der Waals surface area contributed by atoms with E-state index in [0.717, 1.165) is 56.7 Å². The van der Waals surface area contributed by atoms with E-state index in [2.05, 4.69) is 56.0 Å². The fourth-order valence-electron chi connectivity index (χ4n) is 6.46. The van der Waals surface area contributed by atoms with Crippen molar-refractivity contribution in [1.82, 2.24) is 30.3 Å². The van der Waals surface area contributed by atoms with Crippen LogP contribution in [0.5, 0.6) is 6.01 Å². The molecule has 3 saturated heterocycles. The van der Waals surface area contributed by atoms with E-state index in [-0.39, 0.29) is 23.9 Å². The van der Waals surface area contributed by atoms with Gasteiger partial charge in [0, 0.05) is 45.1 Å². The van der Waals surface area contributed by atoms with E-state index in [1.807, 2.05) is 25.7 Å². The minimum atomic E-state index is -0.605. The summed E-state index contributed by atoms with van der Waals surface area (Å²) in [7, 11) is 0. The van der Waals surface area contributed by atoms with Crippen LogP contribution >= 0.6 is 0 Å². The number of amides is 2. The molecule has 3 aliphatic heterocycles. The van der Waals surface area contributed by atoms with Gasteiger partial charge in [-0.05, 0) is 64.7 Å². The molecule has 2 aromatic rings. The molecule has 13 nitrogen and oxygen atoms in total. The van der Waals surface area contributed by atoms with Crippen LogP contribution in [0.1, 0.15) is 91.8 Å². The maximum Gasteiger partial charge on any atom is 0.408 e. The van der Waals surface area contributed by atoms with E-state index in [9.17, 15) is 9.59 Å². The lowest BCUT2D eigenvalue weighted by Gasteiger charge is -2.35. The third-order valence-corrected chi connectivity index (χ3v) is 9.10. The number of nitrogens with zero attached hydrogens (tertiary/aromatic N) is 7. The fourth-order valence-corrected chi connectivity index (χ4v) is 6.46. The van der Waals surface area contributed by atoms with Gasteiger partial charge in [-0.3, -0.25) is 4.79 Å². The SMILES string of the molecule is CC(C)c1noc(N2CCC(C(C)CCOc3ncc(N4C[C@H](NC(=O)OC(C)(C)C)[C@@H](N5CCCCC5=O)C4)cn3)CC2)n1. The quantitative estimate of drug-likeness (QED) is 0.401. The van der Waals surface area contributed by atoms with E-state index in [1.165, 1.54) is 0 Å². The van der Waals surface area contributed by atoms with Gasteiger partial charge in [0.2, 0.25) is 5.91 Å². The van der Waals surface area contributed by atoms with Crippen LogP contribution in [0.3, 0.4) is 0 Å². The smallest absolute Gasteiger partial charge is 0.408 e. The van der Waals surface area contributed by atoms with Crippen molar-refractivity contribution in [1.29, 1.82) is 0 Å². The van der Waals surface area contributed by atoms with E-state index in [0.29, 0.717) is 56.5 Å². The Labute approximate surface area is 266 Å². The van der Waals surface area contributed by atoms with Crippen LogP contribution in [-0.4, -0.2) is 94.0 Å². The first-order valence-electron chi connectivity index (χ1n) is 16.5. The molecular weight excluding hydrogens is 576 g/mol. The van der Waals surface area contributed by atoms with Gasteiger partial charge in [0.05, 0.1) is 36.8 Å². The van der Waals surface area contributed by atoms with Crippen molar-refractivity contribution < 1.29 is 23.6 Å². The number of rotatable bonds is 10. The highest BCUT2D eigenvalue weighted by Crippen LogP contribution is 2.30. The second-order valence-corrected chi connectivity index (χ2v) is 14.0. The van der Waals surface area contributed by atoms with Gasteiger partial charge in [-0.2, -0.15) is 4.98 Å². The topological polar surface area (TPSA) is 139 Å². The Morgan fingerprint density at radius 2 is 1.80 bits per heavy atom. The van der Waals surface area contributed by atoms with Gasteiger partial charge in [-0.1, -0.05) is 25.9 Å². The molecule has 0 spiro atoms. The predicted molar refractivity (Wildman–Crippen MR) is 169 cm³/mol. The standard InChI is InChI=1S/C32H50N8O5/c1-21(2)28-36-30(45-37-28)38-14-10-23(11-15-38)22(3)12-16-43-29-33-17-24(18-34-29)39-19-25(35-31(42)44-32(4,5)6)26(20-39)40-13-8-7-9-27(40)41/h17-18,21-23,25-26H,7-16,19-20H2,1-6H3,(H,35,42)/t22?,25-,26-/m0/s1. The second-order valence-electron chi connectivity index (χ2n) is 14.0. The molecule has 1 unspecified atom stereocenters. The van der Waals surface area contributed by atoms with Crippen LogP contribution in [0.25, 0.3) is 0 Å². The number of piperidine rings is 2. The van der Waals surface area contributed by atoms with Gasteiger partial charge in [0.15, 0.2) is 5.82 Å². The van der Waals surface area contributed by atoms with Crippen molar-refractivity contribution in [3.8, 4) is 6.01 Å². The summed E-state index contributed by atoms with van der Waals surface area (Å²) in [5, 5.41) is 7.12. The number of aromatic nitrogens is 4. The summed E-state index contributed by atoms with van der Waals surface area (Å²) in [5.41, 5.74) is 0.221. The highest BCUT2D eigenvalue weighted by Gasteiger charge is 2.41. The molecule has 3 atom stereocenters. The number of nitrogens with one attached hydrogen (secondary N) is 1. The molecule has 1 N–H and O–H groups in total. The highest BCUT2D eigenvalue weighted by molar-refractivity contribution is 5.78. The lowest BCUT2D eigenvalue weighted by Crippen LogP contribution is -2.54. The second kappa shape index (κ2) is 14.2. The van der Waals surface area contributed by atoms with Crippen LogP contribution in [0.4, 0.5) is 16.5 Å². The third kappa shape index (κ3) is 8.55. The molecule has 5 heterocycles. The van der Waals surface area contributed by atoms with Gasteiger partial charge < -0.3 is 34.0 Å². The Balaban J connectivity index is 1.10. The van der Waals surface area contributed by atoms with Crippen LogP contribution in [0, 0.1) is 11.8 Å². The van der Waals surface area contributed by atoms with Gasteiger partial charge >= 0.3 is 18.1 Å². The fraction of sp³-hybridized carbons (Fsp3) is 0.750. The number of ether oxygens (including phenoxy) is 2. The first kappa shape index (κ1) is 32.7. The van der Waals surface area contributed by atoms with Crippen molar-refractivity contribution in [2.45, 2.75) is 104 Å². The molecule has 0 aliphatic carbocycles. The third-order valence-electron chi connectivity index (χ3n) is 9.10. The molecule has 0 bridgehead atoms. The van der Waals surface area contributed by atoms with Gasteiger partial charge in [-0.15, -0.1) is 0 Å². The molecule has 5 rings (SSSR count). The molecule has 248 valence electrons. The Morgan fingerprint density at radius 1 is 1.07 bits per heavy atom. The Morgan fingerprint density at radius 3 is 2.44 bits per heavy atom. The number of carbonyl (C=O) groups excluding carboxylic acids is 2. The van der Waals surface area contributed by atoms with E-state index in [1.54, 1.807) is 12.4 Å². The van der Waals surface area contributed by atoms with Crippen LogP contribution in [0.15, 0.2) is 16.9 Å². The number of hydrogen-bond acceptors (Lipinski definition) is 11. The average Bonchev–Trinajstić information content (AvgIpc) is 3.65. The van der Waals surface area contributed by atoms with E-state index in [4.69, 9.17) is 14.0 Å². The molecule has 2 aromatic heterocycles. The molecule has 2 amide bonds. The van der Waals surface area contributed by atoms with Crippen LogP contribution < -0.4 is 19.9 Å². The van der Waals surface area contributed by atoms with E-state index < -0.39 is 11.7 Å². The molecule has 0 aromatic carbocycles. The number of anilines is 2. The Kier molecular flexibility index (Phi) is 10.3. The van der Waals surface area contributed by atoms with Gasteiger partial charge in [0.1, 0.15) is 5.60 Å². The van der Waals surface area contributed by atoms with Crippen molar-refractivity contribution in [3.05, 3.63) is 18.2 Å². The maximum absolute atomic E-state index is 12.8. The average molecular weight is 627 g/mol. The van der Waals surface area contributed by atoms with Crippen LogP contribution in [-0.2, 0) is 9.53 Å². The number of hydrogen-bond donors (Lipinski definition) is 1. The van der Waals surface area contributed by atoms with Crippen molar-refractivity contribution in [3.63, 3.8) is 0 Å². The van der Waals surface area contributed by atoms with Crippen LogP contribution in [0.2, 0.25) is 0 Å².